The van der Waals surface area contributed by atoms with Crippen molar-refractivity contribution in [1.82, 2.24) is 4.57 Å². The Bertz CT molecular complexity index is 1400. The van der Waals surface area contributed by atoms with Crippen LogP contribution in [0.5, 0.6) is 0 Å². The van der Waals surface area contributed by atoms with Crippen LogP contribution in [0.4, 0.5) is 5.69 Å². The summed E-state index contributed by atoms with van der Waals surface area (Å²) in [5.74, 6) is -2.80. The van der Waals surface area contributed by atoms with Gasteiger partial charge in [0.05, 0.1) is 33.3 Å². The first-order chi connectivity index (χ1) is 16.8. The molecule has 5 rings (SSSR count). The number of rotatable bonds is 5. The lowest BCUT2D eigenvalue weighted by atomic mass is 9.83. The molecule has 0 saturated carbocycles. The molecule has 2 amide bonds. The summed E-state index contributed by atoms with van der Waals surface area (Å²) < 4.78 is 6.35. The van der Waals surface area contributed by atoms with E-state index < -0.39 is 23.1 Å². The summed E-state index contributed by atoms with van der Waals surface area (Å²) in [6, 6.07) is 13.8. The first-order valence-corrected chi connectivity index (χ1v) is 13.2. The Morgan fingerprint density at radius 2 is 1.77 bits per heavy atom. The van der Waals surface area contributed by atoms with Crippen molar-refractivity contribution in [1.29, 1.82) is 0 Å². The van der Waals surface area contributed by atoms with E-state index >= 15 is 0 Å². The van der Waals surface area contributed by atoms with Crippen LogP contribution >= 0.6 is 46.3 Å². The molecular formula is C24H18Cl2N2O5S2. The van der Waals surface area contributed by atoms with Gasteiger partial charge in [-0.2, -0.15) is 0 Å². The van der Waals surface area contributed by atoms with Crippen LogP contribution < -0.4 is 9.77 Å². The van der Waals surface area contributed by atoms with Crippen molar-refractivity contribution >= 4 is 69.8 Å². The fourth-order valence-corrected chi connectivity index (χ4v) is 7.71. The predicted octanol–water partition coefficient (Wildman–Crippen LogP) is 4.58. The second kappa shape index (κ2) is 9.46. The molecule has 2 aliphatic rings. The molecular weight excluding hydrogens is 531 g/mol. The average molecular weight is 549 g/mol. The maximum Gasteiger partial charge on any atom is 0.326 e. The van der Waals surface area contributed by atoms with Crippen LogP contribution in [-0.2, 0) is 25.7 Å². The van der Waals surface area contributed by atoms with Crippen molar-refractivity contribution in [2.75, 3.05) is 11.5 Å². The van der Waals surface area contributed by atoms with Gasteiger partial charge in [-0.15, -0.1) is 0 Å². The third-order valence-corrected chi connectivity index (χ3v) is 9.41. The Labute approximate surface area is 218 Å². The highest BCUT2D eigenvalue weighted by Crippen LogP contribution is 2.55. The number of thioether (sulfide) groups is 1. The van der Waals surface area contributed by atoms with Crippen molar-refractivity contribution in [3.63, 3.8) is 0 Å². The van der Waals surface area contributed by atoms with Crippen LogP contribution in [-0.4, -0.2) is 34.2 Å². The van der Waals surface area contributed by atoms with Crippen LogP contribution in [0, 0.1) is 5.92 Å². The molecule has 3 unspecified atom stereocenters. The third-order valence-electron chi connectivity index (χ3n) is 5.97. The summed E-state index contributed by atoms with van der Waals surface area (Å²) in [6.07, 6.45) is 0. The van der Waals surface area contributed by atoms with Gasteiger partial charge in [-0.3, -0.25) is 23.7 Å². The van der Waals surface area contributed by atoms with Crippen molar-refractivity contribution in [2.24, 2.45) is 5.92 Å². The minimum Gasteiger partial charge on any atom is -0.465 e. The molecule has 11 heteroatoms. The first-order valence-electron chi connectivity index (χ1n) is 10.8. The maximum atomic E-state index is 13.8. The summed E-state index contributed by atoms with van der Waals surface area (Å²) in [5.41, 5.74) is 1.03. The van der Waals surface area contributed by atoms with E-state index in [0.717, 1.165) is 23.1 Å². The number of fused-ring (bicyclic) bond motifs is 2. The topological polar surface area (TPSA) is 85.7 Å². The molecule has 7 nitrogen and oxygen atoms in total. The van der Waals surface area contributed by atoms with Crippen LogP contribution in [0.1, 0.15) is 23.3 Å². The molecule has 1 saturated heterocycles. The summed E-state index contributed by atoms with van der Waals surface area (Å²) in [6.45, 7) is 1.57. The zero-order valence-corrected chi connectivity index (χ0v) is 21.4. The number of nitrogens with zero attached hydrogens (tertiary/aromatic N) is 2. The number of carbonyl (C=O) groups excluding carboxylic acids is 3. The largest absolute Gasteiger partial charge is 0.465 e. The molecule has 35 heavy (non-hydrogen) atoms. The SMILES string of the molecule is CCOC(=O)Cn1c2c(sc1=O)C(c1cccc(Cl)c1Cl)C1C(=O)N(c3ccccc3)C(=O)C1S2. The number of hydrogen-bond donors (Lipinski definition) is 0. The zero-order valence-electron chi connectivity index (χ0n) is 18.3. The molecule has 0 bridgehead atoms. The number of esters is 1. The molecule has 2 aliphatic heterocycles. The second-order valence-electron chi connectivity index (χ2n) is 7.96. The van der Waals surface area contributed by atoms with E-state index in [1.54, 1.807) is 55.5 Å². The van der Waals surface area contributed by atoms with E-state index in [9.17, 15) is 19.2 Å². The van der Waals surface area contributed by atoms with Gasteiger partial charge in [-0.25, -0.2) is 4.90 Å². The quantitative estimate of drug-likeness (QED) is 0.342. The summed E-state index contributed by atoms with van der Waals surface area (Å²) in [5, 5.41) is 0.214. The molecule has 1 aromatic heterocycles. The van der Waals surface area contributed by atoms with Gasteiger partial charge in [0.25, 0.3) is 0 Å². The first kappa shape index (κ1) is 24.1. The normalized spacial score (nSPS) is 21.1. The van der Waals surface area contributed by atoms with Crippen molar-refractivity contribution < 1.29 is 19.1 Å². The zero-order chi connectivity index (χ0) is 24.9. The number of para-hydroxylation sites is 1. The lowest BCUT2D eigenvalue weighted by Crippen LogP contribution is -2.33. The standard InChI is InChI=1S/C24H18Cl2N2O5S2/c1-2-33-15(29)11-27-23-20(35-24(27)32)16(13-9-6-10-14(25)18(13)26)17-19(34-23)22(31)28(21(17)30)12-7-4-3-5-8-12/h3-10,16-17,19H,2,11H2,1H3. The number of amides is 2. The highest BCUT2D eigenvalue weighted by Gasteiger charge is 2.57. The number of ether oxygens (including phenoxy) is 1. The minimum absolute atomic E-state index is 0.178. The summed E-state index contributed by atoms with van der Waals surface area (Å²) in [4.78, 5) is 53.9. The number of carbonyl (C=O) groups is 3. The van der Waals surface area contributed by atoms with E-state index in [1.807, 2.05) is 0 Å². The van der Waals surface area contributed by atoms with Gasteiger partial charge in [-0.1, -0.05) is 76.6 Å². The predicted molar refractivity (Wildman–Crippen MR) is 136 cm³/mol. The van der Waals surface area contributed by atoms with E-state index in [1.165, 1.54) is 9.47 Å². The van der Waals surface area contributed by atoms with Crippen molar-refractivity contribution in [3.8, 4) is 0 Å². The van der Waals surface area contributed by atoms with Gasteiger partial charge in [-0.05, 0) is 30.7 Å². The van der Waals surface area contributed by atoms with Gasteiger partial charge in [0.1, 0.15) is 11.8 Å². The molecule has 0 N–H and O–H groups in total. The molecule has 3 heterocycles. The third kappa shape index (κ3) is 4.00. The Morgan fingerprint density at radius 1 is 1.03 bits per heavy atom. The van der Waals surface area contributed by atoms with Crippen LogP contribution in [0.25, 0.3) is 0 Å². The van der Waals surface area contributed by atoms with Gasteiger partial charge >= 0.3 is 10.8 Å². The minimum atomic E-state index is -0.808. The van der Waals surface area contributed by atoms with Gasteiger partial charge < -0.3 is 4.74 Å². The molecule has 0 aliphatic carbocycles. The monoisotopic (exact) mass is 548 g/mol. The molecule has 3 aromatic rings. The Morgan fingerprint density at radius 3 is 2.49 bits per heavy atom. The van der Waals surface area contributed by atoms with E-state index in [2.05, 4.69) is 0 Å². The van der Waals surface area contributed by atoms with Gasteiger partial charge in [0.15, 0.2) is 0 Å². The molecule has 2 aromatic carbocycles. The average Bonchev–Trinajstić information content (AvgIpc) is 3.28. The Balaban J connectivity index is 1.69. The summed E-state index contributed by atoms with van der Waals surface area (Å²) in [7, 11) is 0. The van der Waals surface area contributed by atoms with Crippen molar-refractivity contribution in [2.45, 2.75) is 29.7 Å². The lowest BCUT2D eigenvalue weighted by Gasteiger charge is -2.31. The van der Waals surface area contributed by atoms with Crippen LogP contribution in [0.3, 0.4) is 0 Å². The number of thiazole rings is 1. The van der Waals surface area contributed by atoms with E-state index in [-0.39, 0.29) is 34.9 Å². The molecule has 3 atom stereocenters. The number of imide groups is 1. The molecule has 180 valence electrons. The highest BCUT2D eigenvalue weighted by atomic mass is 35.5. The highest BCUT2D eigenvalue weighted by molar-refractivity contribution is 8.00. The lowest BCUT2D eigenvalue weighted by molar-refractivity contribution is -0.144. The van der Waals surface area contributed by atoms with E-state index in [0.29, 0.717) is 26.2 Å². The summed E-state index contributed by atoms with van der Waals surface area (Å²) >= 11 is 15.0. The number of hydrogen-bond acceptors (Lipinski definition) is 7. The number of aromatic nitrogens is 1. The number of halogens is 2. The van der Waals surface area contributed by atoms with Gasteiger partial charge in [0.2, 0.25) is 11.8 Å². The number of anilines is 1. The number of benzene rings is 2. The fourth-order valence-electron chi connectivity index (χ4n) is 4.52. The molecule has 0 spiro atoms. The molecule has 1 fully saturated rings. The van der Waals surface area contributed by atoms with Crippen LogP contribution in [0.2, 0.25) is 10.0 Å². The molecule has 0 radical (unpaired) electrons. The fraction of sp³-hybridized carbons (Fsp3) is 0.250. The van der Waals surface area contributed by atoms with Crippen LogP contribution in [0.15, 0.2) is 58.4 Å². The Kier molecular flexibility index (Phi) is 6.52. The maximum absolute atomic E-state index is 13.8. The Hall–Kier alpha value is -2.59. The smallest absolute Gasteiger partial charge is 0.326 e. The van der Waals surface area contributed by atoms with E-state index in [4.69, 9.17) is 27.9 Å². The van der Waals surface area contributed by atoms with Gasteiger partial charge in [0, 0.05) is 10.8 Å². The second-order valence-corrected chi connectivity index (χ2v) is 10.9. The van der Waals surface area contributed by atoms with Crippen molar-refractivity contribution in [3.05, 3.63) is 78.7 Å².